The Morgan fingerprint density at radius 2 is 1.73 bits per heavy atom. The minimum Gasteiger partial charge on any atom is -0.325 e. The van der Waals surface area contributed by atoms with Crippen molar-refractivity contribution in [2.45, 2.75) is 12.8 Å². The minimum atomic E-state index is -0.496. The van der Waals surface area contributed by atoms with Gasteiger partial charge in [-0.25, -0.2) is 5.43 Å². The Kier molecular flexibility index (Phi) is 7.21. The smallest absolute Gasteiger partial charge is 0.269 e. The third-order valence-corrected chi connectivity index (χ3v) is 4.17. The highest BCUT2D eigenvalue weighted by Crippen LogP contribution is 2.17. The number of benzene rings is 2. The summed E-state index contributed by atoms with van der Waals surface area (Å²) in [5.74, 6) is -0.662. The van der Waals surface area contributed by atoms with Crippen molar-refractivity contribution in [2.24, 2.45) is 5.10 Å². The number of non-ortho nitro benzene ring substituents is 1. The van der Waals surface area contributed by atoms with Crippen LogP contribution >= 0.6 is 22.6 Å². The molecule has 0 heterocycles. The average Bonchev–Trinajstić information content (AvgIpc) is 2.62. The highest BCUT2D eigenvalue weighted by Gasteiger charge is 2.08. The quantitative estimate of drug-likeness (QED) is 0.283. The number of nitrogens with one attached hydrogen (secondary N) is 2. The zero-order chi connectivity index (χ0) is 18.9. The zero-order valence-corrected chi connectivity index (χ0v) is 15.7. The lowest BCUT2D eigenvalue weighted by Gasteiger charge is -2.06. The Bertz CT molecular complexity index is 837. The first-order valence-electron chi connectivity index (χ1n) is 7.56. The van der Waals surface area contributed by atoms with Crippen LogP contribution in [0.15, 0.2) is 53.6 Å². The highest BCUT2D eigenvalue weighted by molar-refractivity contribution is 14.1. The zero-order valence-electron chi connectivity index (χ0n) is 13.5. The molecule has 0 aliphatic carbocycles. The summed E-state index contributed by atoms with van der Waals surface area (Å²) in [4.78, 5) is 33.6. The summed E-state index contributed by atoms with van der Waals surface area (Å²) in [5.41, 5.74) is 3.60. The van der Waals surface area contributed by atoms with Gasteiger partial charge in [0.2, 0.25) is 11.8 Å². The van der Waals surface area contributed by atoms with Crippen molar-refractivity contribution in [3.05, 3.63) is 67.8 Å². The SMILES string of the molecule is O=C(CCC(=O)Nc1ccccc1I)N/N=C/c1ccc([N+](=O)[O-])cc1. The van der Waals surface area contributed by atoms with E-state index in [1.54, 1.807) is 6.07 Å². The maximum atomic E-state index is 11.9. The number of nitro benzene ring substituents is 1. The molecule has 2 aromatic rings. The van der Waals surface area contributed by atoms with Gasteiger partial charge in [0.1, 0.15) is 0 Å². The molecule has 0 saturated heterocycles. The van der Waals surface area contributed by atoms with Crippen LogP contribution in [0.2, 0.25) is 0 Å². The molecule has 9 heteroatoms. The maximum Gasteiger partial charge on any atom is 0.269 e. The fraction of sp³-hybridized carbons (Fsp3) is 0.118. The van der Waals surface area contributed by atoms with Crippen molar-refractivity contribution >= 4 is 52.0 Å². The first kappa shape index (κ1) is 19.5. The summed E-state index contributed by atoms with van der Waals surface area (Å²) in [6.07, 6.45) is 1.39. The number of carbonyl (C=O) groups is 2. The van der Waals surface area contributed by atoms with Crippen LogP contribution in [-0.4, -0.2) is 23.0 Å². The third-order valence-electron chi connectivity index (χ3n) is 3.23. The van der Waals surface area contributed by atoms with Gasteiger partial charge in [-0.15, -0.1) is 0 Å². The lowest BCUT2D eigenvalue weighted by molar-refractivity contribution is -0.384. The lowest BCUT2D eigenvalue weighted by atomic mass is 10.2. The van der Waals surface area contributed by atoms with Crippen LogP contribution in [0.4, 0.5) is 11.4 Å². The van der Waals surface area contributed by atoms with E-state index in [1.165, 1.54) is 30.5 Å². The first-order valence-corrected chi connectivity index (χ1v) is 8.64. The topological polar surface area (TPSA) is 114 Å². The molecule has 2 amide bonds. The third kappa shape index (κ3) is 6.24. The van der Waals surface area contributed by atoms with Crippen molar-refractivity contribution in [2.75, 3.05) is 5.32 Å². The summed E-state index contributed by atoms with van der Waals surface area (Å²) < 4.78 is 0.913. The molecule has 0 aromatic heterocycles. The molecule has 0 saturated carbocycles. The number of nitro groups is 1. The van der Waals surface area contributed by atoms with Crippen molar-refractivity contribution in [3.8, 4) is 0 Å². The van der Waals surface area contributed by atoms with E-state index in [0.29, 0.717) is 11.3 Å². The fourth-order valence-electron chi connectivity index (χ4n) is 1.92. The summed E-state index contributed by atoms with van der Waals surface area (Å²) in [6.45, 7) is 0. The molecule has 2 aromatic carbocycles. The predicted octanol–water partition coefficient (Wildman–Crippen LogP) is 3.07. The molecule has 26 heavy (non-hydrogen) atoms. The standard InChI is InChI=1S/C17H15IN4O4/c18-14-3-1-2-4-15(14)20-16(23)9-10-17(24)21-19-11-12-5-7-13(8-6-12)22(25)26/h1-8,11H,9-10H2,(H,20,23)(H,21,24)/b19-11+. The average molecular weight is 466 g/mol. The van der Waals surface area contributed by atoms with Crippen LogP contribution in [0.3, 0.4) is 0 Å². The molecule has 8 nitrogen and oxygen atoms in total. The molecule has 0 bridgehead atoms. The van der Waals surface area contributed by atoms with E-state index in [-0.39, 0.29) is 24.4 Å². The number of rotatable bonds is 7. The van der Waals surface area contributed by atoms with Gasteiger partial charge in [-0.3, -0.25) is 19.7 Å². The van der Waals surface area contributed by atoms with E-state index in [2.05, 4.69) is 38.4 Å². The number of amides is 2. The van der Waals surface area contributed by atoms with Crippen LogP contribution in [0.25, 0.3) is 0 Å². The van der Waals surface area contributed by atoms with Crippen LogP contribution in [0.1, 0.15) is 18.4 Å². The Balaban J connectivity index is 1.75. The molecule has 0 radical (unpaired) electrons. The predicted molar refractivity (Wildman–Crippen MR) is 106 cm³/mol. The molecular formula is C17H15IN4O4. The lowest BCUT2D eigenvalue weighted by Crippen LogP contribution is -2.20. The minimum absolute atomic E-state index is 0.00710. The summed E-state index contributed by atoms with van der Waals surface area (Å²) >= 11 is 2.11. The second-order valence-corrected chi connectivity index (χ2v) is 6.33. The van der Waals surface area contributed by atoms with Gasteiger partial charge < -0.3 is 5.32 Å². The Morgan fingerprint density at radius 3 is 2.38 bits per heavy atom. The van der Waals surface area contributed by atoms with Crippen molar-refractivity contribution in [3.63, 3.8) is 0 Å². The van der Waals surface area contributed by atoms with Gasteiger partial charge in [-0.05, 0) is 52.4 Å². The number of para-hydroxylation sites is 1. The summed E-state index contributed by atoms with van der Waals surface area (Å²) in [5, 5.41) is 17.1. The monoisotopic (exact) mass is 466 g/mol. The molecule has 0 atom stereocenters. The molecular weight excluding hydrogens is 451 g/mol. The van der Waals surface area contributed by atoms with E-state index in [9.17, 15) is 19.7 Å². The van der Waals surface area contributed by atoms with Crippen LogP contribution in [0.5, 0.6) is 0 Å². The normalized spacial score (nSPS) is 10.5. The molecule has 0 fully saturated rings. The van der Waals surface area contributed by atoms with Crippen molar-refractivity contribution in [1.29, 1.82) is 0 Å². The maximum absolute atomic E-state index is 11.9. The van der Waals surface area contributed by atoms with Crippen LogP contribution in [-0.2, 0) is 9.59 Å². The second kappa shape index (κ2) is 9.61. The van der Waals surface area contributed by atoms with Gasteiger partial charge in [0, 0.05) is 28.5 Å². The molecule has 134 valence electrons. The van der Waals surface area contributed by atoms with E-state index < -0.39 is 10.8 Å². The van der Waals surface area contributed by atoms with Gasteiger partial charge in [0.25, 0.3) is 5.69 Å². The largest absolute Gasteiger partial charge is 0.325 e. The highest BCUT2D eigenvalue weighted by atomic mass is 127. The van der Waals surface area contributed by atoms with Gasteiger partial charge in [-0.1, -0.05) is 12.1 Å². The van der Waals surface area contributed by atoms with Gasteiger partial charge in [0.05, 0.1) is 16.8 Å². The molecule has 2 rings (SSSR count). The van der Waals surface area contributed by atoms with Gasteiger partial charge in [0.15, 0.2) is 0 Å². The first-order chi connectivity index (χ1) is 12.5. The Morgan fingerprint density at radius 1 is 1.08 bits per heavy atom. The number of hydrogen-bond donors (Lipinski definition) is 2. The summed E-state index contributed by atoms with van der Waals surface area (Å²) in [7, 11) is 0. The second-order valence-electron chi connectivity index (χ2n) is 5.17. The number of halogens is 1. The van der Waals surface area contributed by atoms with E-state index in [0.717, 1.165) is 3.57 Å². The van der Waals surface area contributed by atoms with E-state index >= 15 is 0 Å². The van der Waals surface area contributed by atoms with Crippen LogP contribution < -0.4 is 10.7 Å². The molecule has 2 N–H and O–H groups in total. The Hall–Kier alpha value is -2.82. The number of anilines is 1. The molecule has 0 unspecified atom stereocenters. The Labute approximate surface area is 163 Å². The number of nitrogens with zero attached hydrogens (tertiary/aromatic N) is 2. The van der Waals surface area contributed by atoms with Crippen molar-refractivity contribution in [1.82, 2.24) is 5.43 Å². The van der Waals surface area contributed by atoms with Crippen LogP contribution in [0, 0.1) is 13.7 Å². The number of carbonyl (C=O) groups excluding carboxylic acids is 2. The van der Waals surface area contributed by atoms with E-state index in [4.69, 9.17) is 0 Å². The van der Waals surface area contributed by atoms with E-state index in [1.807, 2.05) is 18.2 Å². The van der Waals surface area contributed by atoms with Gasteiger partial charge in [-0.2, -0.15) is 5.10 Å². The molecule has 0 spiro atoms. The van der Waals surface area contributed by atoms with Gasteiger partial charge >= 0.3 is 0 Å². The molecule has 0 aliphatic rings. The van der Waals surface area contributed by atoms with Crippen molar-refractivity contribution < 1.29 is 14.5 Å². The fourth-order valence-corrected chi connectivity index (χ4v) is 2.44. The molecule has 0 aliphatic heterocycles. The number of hydrazone groups is 1. The number of hydrogen-bond acceptors (Lipinski definition) is 5. The summed E-state index contributed by atoms with van der Waals surface area (Å²) in [6, 6.07) is 13.1.